The van der Waals surface area contributed by atoms with Crippen LogP contribution in [0.5, 0.6) is 0 Å². The molecule has 5 N–H and O–H groups in total. The van der Waals surface area contributed by atoms with Crippen molar-refractivity contribution in [3.8, 4) is 5.69 Å². The molecule has 0 radical (unpaired) electrons. The molecular formula is C31H26N8O2S. The molecule has 11 heteroatoms. The lowest BCUT2D eigenvalue weighted by Gasteiger charge is -2.18. The molecule has 0 bridgehead atoms. The van der Waals surface area contributed by atoms with Crippen molar-refractivity contribution >= 4 is 60.7 Å². The maximum Gasteiger partial charge on any atom is 0.263 e. The number of thiazole rings is 1. The molecule has 0 unspecified atom stereocenters. The molecule has 0 aliphatic heterocycles. The Morgan fingerprint density at radius 1 is 1.05 bits per heavy atom. The summed E-state index contributed by atoms with van der Waals surface area (Å²) in [5.74, 6) is 0.303. The van der Waals surface area contributed by atoms with E-state index in [1.54, 1.807) is 16.7 Å². The van der Waals surface area contributed by atoms with Gasteiger partial charge in [-0.1, -0.05) is 53.8 Å². The van der Waals surface area contributed by atoms with Crippen molar-refractivity contribution in [2.75, 3.05) is 16.4 Å². The number of amides is 1. The van der Waals surface area contributed by atoms with Crippen LogP contribution in [-0.4, -0.2) is 31.1 Å². The first kappa shape index (κ1) is 26.8. The standard InChI is InChI=1S/C31H26N8O2S/c1-17-7-6-8-19-13-22(39(30(41)25(17)19)21-9-4-3-5-10-21)15-34-29-26(28(33)35-16-36-29)27(32)20-11-12-24-23(14-20)38-31(42-24)37-18(2)40/h3-14,16,32H,15H2,1-2H3,(H,37,38,40)(H3,33,34,35,36). The lowest BCUT2D eigenvalue weighted by atomic mass is 10.0. The third-order valence-corrected chi connectivity index (χ3v) is 7.82. The minimum Gasteiger partial charge on any atom is -0.383 e. The van der Waals surface area contributed by atoms with Gasteiger partial charge in [-0.15, -0.1) is 0 Å². The quantitative estimate of drug-likeness (QED) is 0.190. The summed E-state index contributed by atoms with van der Waals surface area (Å²) >= 11 is 1.35. The number of nitrogen functional groups attached to an aromatic ring is 1. The van der Waals surface area contributed by atoms with E-state index >= 15 is 0 Å². The predicted octanol–water partition coefficient (Wildman–Crippen LogP) is 5.27. The van der Waals surface area contributed by atoms with E-state index in [0.717, 1.165) is 21.3 Å². The van der Waals surface area contributed by atoms with Crippen LogP contribution in [0.1, 0.15) is 29.3 Å². The summed E-state index contributed by atoms with van der Waals surface area (Å²) < 4.78 is 2.57. The number of para-hydroxylation sites is 1. The Morgan fingerprint density at radius 2 is 1.86 bits per heavy atom. The Labute approximate surface area is 244 Å². The number of aryl methyl sites for hydroxylation is 1. The molecule has 1 amide bonds. The average molecular weight is 575 g/mol. The van der Waals surface area contributed by atoms with Crippen LogP contribution >= 0.6 is 11.3 Å². The first-order valence-corrected chi connectivity index (χ1v) is 13.9. The van der Waals surface area contributed by atoms with E-state index in [2.05, 4.69) is 25.6 Å². The van der Waals surface area contributed by atoms with E-state index < -0.39 is 0 Å². The molecule has 0 atom stereocenters. The number of hydrogen-bond donors (Lipinski definition) is 4. The highest BCUT2D eigenvalue weighted by molar-refractivity contribution is 7.22. The largest absolute Gasteiger partial charge is 0.383 e. The van der Waals surface area contributed by atoms with Crippen LogP contribution < -0.4 is 21.9 Å². The molecule has 0 spiro atoms. The van der Waals surface area contributed by atoms with Crippen LogP contribution in [0.15, 0.2) is 83.9 Å². The molecule has 0 saturated carbocycles. The molecule has 0 aliphatic rings. The Kier molecular flexibility index (Phi) is 6.93. The molecule has 3 aromatic heterocycles. The summed E-state index contributed by atoms with van der Waals surface area (Å²) in [6.07, 6.45) is 1.34. The summed E-state index contributed by atoms with van der Waals surface area (Å²) in [5.41, 5.74) is 10.2. The number of rotatable bonds is 7. The van der Waals surface area contributed by atoms with Gasteiger partial charge in [0.25, 0.3) is 5.56 Å². The number of nitrogens with one attached hydrogen (secondary N) is 3. The zero-order chi connectivity index (χ0) is 29.4. The normalized spacial score (nSPS) is 11.1. The molecular weight excluding hydrogens is 548 g/mol. The first-order chi connectivity index (χ1) is 20.3. The molecule has 0 fully saturated rings. The maximum absolute atomic E-state index is 13.8. The highest BCUT2D eigenvalue weighted by Crippen LogP contribution is 2.29. The SMILES string of the molecule is CC(=O)Nc1nc2cc(C(=N)c3c(N)ncnc3NCc3cc4cccc(C)c4c(=O)n3-c3ccccc3)ccc2s1. The number of carbonyl (C=O) groups is 1. The van der Waals surface area contributed by atoms with Crippen LogP contribution in [-0.2, 0) is 11.3 Å². The highest BCUT2D eigenvalue weighted by atomic mass is 32.1. The summed E-state index contributed by atoms with van der Waals surface area (Å²) in [6, 6.07) is 22.7. The maximum atomic E-state index is 13.8. The third kappa shape index (κ3) is 4.97. The topological polar surface area (TPSA) is 152 Å². The molecule has 6 aromatic rings. The van der Waals surface area contributed by atoms with Crippen molar-refractivity contribution in [2.24, 2.45) is 0 Å². The number of nitrogens with two attached hydrogens (primary N) is 1. The van der Waals surface area contributed by atoms with Crippen molar-refractivity contribution in [3.63, 3.8) is 0 Å². The van der Waals surface area contributed by atoms with E-state index in [0.29, 0.717) is 38.7 Å². The summed E-state index contributed by atoms with van der Waals surface area (Å²) in [4.78, 5) is 38.3. The van der Waals surface area contributed by atoms with Crippen molar-refractivity contribution < 1.29 is 4.79 Å². The van der Waals surface area contributed by atoms with Gasteiger partial charge in [-0.25, -0.2) is 15.0 Å². The van der Waals surface area contributed by atoms with Crippen LogP contribution in [0.4, 0.5) is 16.8 Å². The van der Waals surface area contributed by atoms with Crippen LogP contribution in [0.25, 0.3) is 26.7 Å². The monoisotopic (exact) mass is 574 g/mol. The van der Waals surface area contributed by atoms with E-state index in [1.807, 2.05) is 67.6 Å². The third-order valence-electron chi connectivity index (χ3n) is 6.87. The van der Waals surface area contributed by atoms with Crippen molar-refractivity contribution in [1.29, 1.82) is 5.41 Å². The molecule has 0 aliphatic carbocycles. The van der Waals surface area contributed by atoms with Gasteiger partial charge in [0.1, 0.15) is 18.0 Å². The van der Waals surface area contributed by atoms with E-state index in [-0.39, 0.29) is 29.5 Å². The van der Waals surface area contributed by atoms with Gasteiger partial charge in [0.2, 0.25) is 5.91 Å². The molecule has 3 aromatic carbocycles. The fourth-order valence-electron chi connectivity index (χ4n) is 4.96. The van der Waals surface area contributed by atoms with Gasteiger partial charge in [0.15, 0.2) is 5.13 Å². The van der Waals surface area contributed by atoms with Gasteiger partial charge in [-0.3, -0.25) is 19.6 Å². The number of benzene rings is 3. The van der Waals surface area contributed by atoms with E-state index in [4.69, 9.17) is 11.1 Å². The Bertz CT molecular complexity index is 2070. The summed E-state index contributed by atoms with van der Waals surface area (Å²) in [6.45, 7) is 3.59. The second-order valence-corrected chi connectivity index (χ2v) is 10.8. The number of hydrogen-bond acceptors (Lipinski definition) is 9. The number of pyridine rings is 1. The lowest BCUT2D eigenvalue weighted by Crippen LogP contribution is -2.24. The zero-order valence-electron chi connectivity index (χ0n) is 22.8. The molecule has 6 rings (SSSR count). The van der Waals surface area contributed by atoms with Gasteiger partial charge in [0, 0.05) is 23.9 Å². The van der Waals surface area contributed by atoms with Gasteiger partial charge in [-0.2, -0.15) is 0 Å². The number of aromatic nitrogens is 4. The lowest BCUT2D eigenvalue weighted by molar-refractivity contribution is -0.114. The van der Waals surface area contributed by atoms with Gasteiger partial charge < -0.3 is 16.4 Å². The highest BCUT2D eigenvalue weighted by Gasteiger charge is 2.19. The minimum absolute atomic E-state index is 0.112. The minimum atomic E-state index is -0.203. The number of anilines is 3. The van der Waals surface area contributed by atoms with Crippen molar-refractivity contribution in [2.45, 2.75) is 20.4 Å². The zero-order valence-corrected chi connectivity index (χ0v) is 23.6. The average Bonchev–Trinajstić information content (AvgIpc) is 3.37. The second kappa shape index (κ2) is 10.9. The Balaban J connectivity index is 1.38. The van der Waals surface area contributed by atoms with Crippen molar-refractivity contribution in [3.05, 3.63) is 112 Å². The molecule has 0 saturated heterocycles. The van der Waals surface area contributed by atoms with Gasteiger partial charge in [-0.05, 0) is 48.2 Å². The summed E-state index contributed by atoms with van der Waals surface area (Å²) in [7, 11) is 0. The Hall–Kier alpha value is -5.42. The molecule has 10 nitrogen and oxygen atoms in total. The van der Waals surface area contributed by atoms with Crippen LogP contribution in [0.3, 0.4) is 0 Å². The molecule has 42 heavy (non-hydrogen) atoms. The van der Waals surface area contributed by atoms with Gasteiger partial charge in [0.05, 0.1) is 33.4 Å². The molecule has 208 valence electrons. The van der Waals surface area contributed by atoms with Gasteiger partial charge >= 0.3 is 0 Å². The summed E-state index contributed by atoms with van der Waals surface area (Å²) in [5, 5.41) is 17.0. The fourth-order valence-corrected chi connectivity index (χ4v) is 5.86. The Morgan fingerprint density at radius 3 is 2.64 bits per heavy atom. The van der Waals surface area contributed by atoms with Crippen LogP contribution in [0.2, 0.25) is 0 Å². The van der Waals surface area contributed by atoms with E-state index in [9.17, 15) is 9.59 Å². The van der Waals surface area contributed by atoms with E-state index in [1.165, 1.54) is 24.6 Å². The molecule has 3 heterocycles. The number of fused-ring (bicyclic) bond motifs is 2. The second-order valence-electron chi connectivity index (χ2n) is 9.74. The fraction of sp³-hybridized carbons (Fsp3) is 0.0968. The number of carbonyl (C=O) groups excluding carboxylic acids is 1. The van der Waals surface area contributed by atoms with Crippen molar-refractivity contribution in [1.82, 2.24) is 19.5 Å². The smallest absolute Gasteiger partial charge is 0.263 e. The number of nitrogens with zero attached hydrogens (tertiary/aromatic N) is 4. The predicted molar refractivity (Wildman–Crippen MR) is 168 cm³/mol. The van der Waals surface area contributed by atoms with Crippen LogP contribution in [0, 0.1) is 12.3 Å². The first-order valence-electron chi connectivity index (χ1n) is 13.1.